The van der Waals surface area contributed by atoms with Gasteiger partial charge >= 0.3 is 78.9 Å². The van der Waals surface area contributed by atoms with Gasteiger partial charge in [-0.15, -0.1) is 0 Å². The minimum atomic E-state index is 0.733. The Balaban J connectivity index is 2.32. The first kappa shape index (κ1) is 8.07. The van der Waals surface area contributed by atoms with Crippen LogP contribution in [0.5, 0.6) is 0 Å². The van der Waals surface area contributed by atoms with Gasteiger partial charge in [-0.25, -0.2) is 0 Å². The minimum absolute atomic E-state index is 0.733. The van der Waals surface area contributed by atoms with Crippen molar-refractivity contribution in [1.29, 1.82) is 0 Å². The zero-order valence-electron chi connectivity index (χ0n) is 6.45. The van der Waals surface area contributed by atoms with Gasteiger partial charge in [0.15, 0.2) is 0 Å². The molecular formula is C8H12NSe2+. The fourth-order valence-corrected chi connectivity index (χ4v) is 6.68. The van der Waals surface area contributed by atoms with Crippen molar-refractivity contribution < 1.29 is 0 Å². The SMILES string of the molecule is c1c[se]c(=[N+]2CCCCC2)[se]1. The molecule has 2 rings (SSSR count). The number of hydrogen-bond acceptors (Lipinski definition) is 0. The van der Waals surface area contributed by atoms with Gasteiger partial charge in [0.25, 0.3) is 0 Å². The Morgan fingerprint density at radius 1 is 1.00 bits per heavy atom. The number of rotatable bonds is 0. The Labute approximate surface area is 78.9 Å². The van der Waals surface area contributed by atoms with E-state index >= 15 is 0 Å². The fraction of sp³-hybridized carbons (Fsp3) is 0.625. The van der Waals surface area contributed by atoms with E-state index < -0.39 is 0 Å². The Morgan fingerprint density at radius 2 is 1.64 bits per heavy atom. The monoisotopic (exact) mass is 282 g/mol. The Kier molecular flexibility index (Phi) is 2.87. The van der Waals surface area contributed by atoms with E-state index in [1.54, 1.807) is 3.11 Å². The molecule has 1 aromatic rings. The van der Waals surface area contributed by atoms with Crippen molar-refractivity contribution in [1.82, 2.24) is 4.58 Å². The first-order valence-electron chi connectivity index (χ1n) is 4.07. The van der Waals surface area contributed by atoms with Gasteiger partial charge in [0.1, 0.15) is 0 Å². The molecule has 0 spiro atoms. The average molecular weight is 280 g/mol. The van der Waals surface area contributed by atoms with E-state index in [1.807, 2.05) is 0 Å². The molecule has 0 N–H and O–H groups in total. The van der Waals surface area contributed by atoms with E-state index in [9.17, 15) is 0 Å². The molecule has 1 aliphatic heterocycles. The van der Waals surface area contributed by atoms with Crippen molar-refractivity contribution in [2.45, 2.75) is 19.3 Å². The summed E-state index contributed by atoms with van der Waals surface area (Å²) in [4.78, 5) is 4.77. The summed E-state index contributed by atoms with van der Waals surface area (Å²) in [5.74, 6) is 0. The quantitative estimate of drug-likeness (QED) is 0.456. The summed E-state index contributed by atoms with van der Waals surface area (Å²) in [6.07, 6.45) is 4.31. The molecule has 1 aliphatic rings. The molecule has 0 unspecified atom stereocenters. The van der Waals surface area contributed by atoms with Gasteiger partial charge in [-0.2, -0.15) is 0 Å². The summed E-state index contributed by atoms with van der Waals surface area (Å²) in [6.45, 7) is 2.70. The van der Waals surface area contributed by atoms with Crippen LogP contribution in [-0.4, -0.2) is 42.1 Å². The average Bonchev–Trinajstić information content (AvgIpc) is 2.58. The normalized spacial score (nSPS) is 18.7. The van der Waals surface area contributed by atoms with Crippen molar-refractivity contribution in [3.8, 4) is 0 Å². The van der Waals surface area contributed by atoms with Gasteiger partial charge in [-0.1, -0.05) is 0 Å². The fourth-order valence-electron chi connectivity index (χ4n) is 1.43. The molecule has 0 radical (unpaired) electrons. The van der Waals surface area contributed by atoms with Gasteiger partial charge in [0, 0.05) is 0 Å². The Bertz CT molecular complexity index is 260. The van der Waals surface area contributed by atoms with Crippen molar-refractivity contribution in [2.24, 2.45) is 0 Å². The molecule has 0 atom stereocenters. The van der Waals surface area contributed by atoms with Gasteiger partial charge in [0.05, 0.1) is 0 Å². The molecule has 0 aromatic carbocycles. The molecule has 0 amide bonds. The topological polar surface area (TPSA) is 3.01 Å². The van der Waals surface area contributed by atoms with Crippen LogP contribution >= 0.6 is 0 Å². The molecule has 1 fully saturated rings. The molecule has 2 heterocycles. The second-order valence-electron chi connectivity index (χ2n) is 2.82. The van der Waals surface area contributed by atoms with Gasteiger partial charge in [-0.3, -0.25) is 0 Å². The van der Waals surface area contributed by atoms with E-state index in [4.69, 9.17) is 0 Å². The van der Waals surface area contributed by atoms with Crippen LogP contribution in [0.3, 0.4) is 0 Å². The first-order chi connectivity index (χ1) is 5.47. The van der Waals surface area contributed by atoms with Crippen LogP contribution < -0.4 is 7.68 Å². The molecule has 60 valence electrons. The summed E-state index contributed by atoms with van der Waals surface area (Å²) in [7, 11) is 0. The van der Waals surface area contributed by atoms with Crippen LogP contribution in [0.2, 0.25) is 0 Å². The van der Waals surface area contributed by atoms with Crippen molar-refractivity contribution in [3.05, 3.63) is 13.0 Å². The van der Waals surface area contributed by atoms with Crippen LogP contribution in [0.1, 0.15) is 19.3 Å². The van der Waals surface area contributed by atoms with E-state index in [0.29, 0.717) is 0 Å². The maximum atomic E-state index is 2.64. The maximum absolute atomic E-state index is 2.64. The molecule has 3 heteroatoms. The van der Waals surface area contributed by atoms with Gasteiger partial charge < -0.3 is 0 Å². The third-order valence-corrected chi connectivity index (χ3v) is 8.05. The molecule has 11 heavy (non-hydrogen) atoms. The first-order valence-corrected chi connectivity index (χ1v) is 7.76. The zero-order valence-corrected chi connectivity index (χ0v) is 9.88. The Hall–Kier alpha value is 0.449. The second-order valence-corrected chi connectivity index (χ2v) is 7.89. The van der Waals surface area contributed by atoms with Crippen LogP contribution in [0, 0.1) is 0 Å². The van der Waals surface area contributed by atoms with Crippen molar-refractivity contribution >= 4 is 29.0 Å². The zero-order chi connectivity index (χ0) is 7.52. The standard InChI is InChI=1S/C8H12NSe2/c1-2-4-9(5-3-1)8-10-6-7-11-8/h6-7H,1-5H2/q+1. The van der Waals surface area contributed by atoms with Gasteiger partial charge in [-0.05, 0) is 0 Å². The Morgan fingerprint density at radius 3 is 2.27 bits per heavy atom. The third-order valence-electron chi connectivity index (χ3n) is 2.01. The molecule has 1 saturated heterocycles. The summed E-state index contributed by atoms with van der Waals surface area (Å²) in [5.41, 5.74) is 0. The number of hydrogen-bond donors (Lipinski definition) is 0. The second kappa shape index (κ2) is 3.91. The summed E-state index contributed by atoms with van der Waals surface area (Å²) in [6, 6.07) is 0. The van der Waals surface area contributed by atoms with Crippen LogP contribution in [0.4, 0.5) is 0 Å². The van der Waals surface area contributed by atoms with Gasteiger partial charge in [0.2, 0.25) is 0 Å². The van der Waals surface area contributed by atoms with Crippen molar-refractivity contribution in [2.75, 3.05) is 13.1 Å². The van der Waals surface area contributed by atoms with E-state index in [2.05, 4.69) is 14.5 Å². The van der Waals surface area contributed by atoms with Crippen LogP contribution in [0.25, 0.3) is 0 Å². The molecule has 1 nitrogen and oxygen atoms in total. The van der Waals surface area contributed by atoms with E-state index in [-0.39, 0.29) is 0 Å². The molecule has 0 bridgehead atoms. The molecule has 0 aliphatic carbocycles. The predicted molar refractivity (Wildman–Crippen MR) is 49.2 cm³/mol. The van der Waals surface area contributed by atoms with Crippen molar-refractivity contribution in [3.63, 3.8) is 0 Å². The summed E-state index contributed by atoms with van der Waals surface area (Å²) < 4.78 is 4.42. The van der Waals surface area contributed by atoms with Crippen LogP contribution in [0.15, 0.2) is 9.88 Å². The molecule has 0 saturated carbocycles. The van der Waals surface area contributed by atoms with E-state index in [1.165, 1.54) is 32.4 Å². The third kappa shape index (κ3) is 1.97. The predicted octanol–water partition coefficient (Wildman–Crippen LogP) is -0.243. The number of nitrogens with zero attached hydrogens (tertiary/aromatic N) is 1. The molecular weight excluding hydrogens is 268 g/mol. The van der Waals surface area contributed by atoms with Crippen LogP contribution in [-0.2, 0) is 0 Å². The van der Waals surface area contributed by atoms with E-state index in [0.717, 1.165) is 29.0 Å². The number of piperidine rings is 1. The summed E-state index contributed by atoms with van der Waals surface area (Å²) >= 11 is 1.47. The summed E-state index contributed by atoms with van der Waals surface area (Å²) in [5, 5.41) is 0. The molecule has 1 aromatic heterocycles.